The molecule has 0 bridgehead atoms. The molecule has 0 aliphatic carbocycles. The van der Waals surface area contributed by atoms with E-state index in [4.69, 9.17) is 16.3 Å². The summed E-state index contributed by atoms with van der Waals surface area (Å²) in [6.45, 7) is 2.12. The van der Waals surface area contributed by atoms with Crippen LogP contribution in [-0.2, 0) is 14.8 Å². The van der Waals surface area contributed by atoms with Gasteiger partial charge >= 0.3 is 0 Å². The van der Waals surface area contributed by atoms with Crippen molar-refractivity contribution in [1.82, 2.24) is 4.31 Å². The molecule has 2 aromatic rings. The molecule has 0 spiro atoms. The summed E-state index contributed by atoms with van der Waals surface area (Å²) in [5.74, 6) is -1.42. The lowest BCUT2D eigenvalue weighted by molar-refractivity contribution is -0.120. The van der Waals surface area contributed by atoms with Gasteiger partial charge in [-0.05, 0) is 55.7 Å². The number of halogens is 2. The largest absolute Gasteiger partial charge is 0.495 e. The number of nitrogens with zero attached hydrogens (tertiary/aromatic N) is 1. The number of methoxy groups -OCH3 is 1. The summed E-state index contributed by atoms with van der Waals surface area (Å²) in [5, 5.41) is 3.33. The second-order valence-corrected chi connectivity index (χ2v) is 9.26. The summed E-state index contributed by atoms with van der Waals surface area (Å²) in [6.07, 6.45) is 1.07. The van der Waals surface area contributed by atoms with Crippen molar-refractivity contribution >= 4 is 33.2 Å². The van der Waals surface area contributed by atoms with Crippen LogP contribution < -0.4 is 10.1 Å². The molecule has 1 heterocycles. The monoisotopic (exact) mass is 440 g/mol. The van der Waals surface area contributed by atoms with Crippen LogP contribution in [0.1, 0.15) is 18.4 Å². The van der Waals surface area contributed by atoms with E-state index in [2.05, 4.69) is 5.32 Å². The van der Waals surface area contributed by atoms with Gasteiger partial charge in [0, 0.05) is 23.8 Å². The van der Waals surface area contributed by atoms with E-state index in [1.165, 1.54) is 17.5 Å². The van der Waals surface area contributed by atoms with Crippen LogP contribution in [0.25, 0.3) is 0 Å². The second-order valence-electron chi connectivity index (χ2n) is 6.95. The molecular weight excluding hydrogens is 419 g/mol. The van der Waals surface area contributed by atoms with Gasteiger partial charge in [0.15, 0.2) is 0 Å². The van der Waals surface area contributed by atoms with E-state index in [1.807, 2.05) is 6.92 Å². The van der Waals surface area contributed by atoms with E-state index in [1.54, 1.807) is 18.2 Å². The van der Waals surface area contributed by atoms with Crippen molar-refractivity contribution in [1.29, 1.82) is 0 Å². The number of carbonyl (C=O) groups is 1. The van der Waals surface area contributed by atoms with Gasteiger partial charge in [-0.3, -0.25) is 4.79 Å². The maximum atomic E-state index is 13.7. The van der Waals surface area contributed by atoms with Crippen LogP contribution in [0, 0.1) is 18.7 Å². The number of ether oxygens (including phenoxy) is 1. The fourth-order valence-corrected chi connectivity index (χ4v) is 5.15. The first kappa shape index (κ1) is 21.5. The van der Waals surface area contributed by atoms with Crippen molar-refractivity contribution in [2.24, 2.45) is 5.92 Å². The molecule has 0 radical (unpaired) electrons. The van der Waals surface area contributed by atoms with Gasteiger partial charge in [0.1, 0.15) is 16.5 Å². The molecule has 1 atom stereocenters. The van der Waals surface area contributed by atoms with Gasteiger partial charge in [0.05, 0.1) is 13.0 Å². The smallest absolute Gasteiger partial charge is 0.246 e. The minimum atomic E-state index is -4.01. The van der Waals surface area contributed by atoms with Crippen LogP contribution in [0.5, 0.6) is 5.75 Å². The van der Waals surface area contributed by atoms with E-state index >= 15 is 0 Å². The molecular formula is C20H22ClFN2O4S. The third-order valence-corrected chi connectivity index (χ3v) is 7.23. The molecule has 6 nitrogen and oxygen atoms in total. The Bertz CT molecular complexity index is 1030. The number of sulfonamides is 1. The summed E-state index contributed by atoms with van der Waals surface area (Å²) in [6, 6.07) is 8.55. The van der Waals surface area contributed by atoms with Crippen molar-refractivity contribution < 1.29 is 22.3 Å². The Hall–Kier alpha value is -2.16. The molecule has 29 heavy (non-hydrogen) atoms. The molecule has 156 valence electrons. The third-order valence-electron chi connectivity index (χ3n) is 4.94. The minimum Gasteiger partial charge on any atom is -0.495 e. The molecule has 2 aromatic carbocycles. The molecule has 1 aliphatic heterocycles. The predicted octanol–water partition coefficient (Wildman–Crippen LogP) is 3.84. The summed E-state index contributed by atoms with van der Waals surface area (Å²) >= 11 is 6.09. The normalized spacial score (nSPS) is 17.7. The van der Waals surface area contributed by atoms with E-state index in [0.29, 0.717) is 23.6 Å². The SMILES string of the molecule is COc1ccc(F)cc1S(=O)(=O)N1CCCC(C(=O)Nc2ccc(C)c(Cl)c2)C1. The number of piperidine rings is 1. The van der Waals surface area contributed by atoms with Crippen LogP contribution in [0.2, 0.25) is 5.02 Å². The number of benzene rings is 2. The number of rotatable bonds is 5. The van der Waals surface area contributed by atoms with Crippen LogP contribution in [0.15, 0.2) is 41.3 Å². The lowest BCUT2D eigenvalue weighted by Gasteiger charge is -2.31. The molecule has 1 aliphatic rings. The Balaban J connectivity index is 1.78. The fourth-order valence-electron chi connectivity index (χ4n) is 3.28. The molecule has 3 rings (SSSR count). The Kier molecular flexibility index (Phi) is 6.45. The second kappa shape index (κ2) is 8.69. The summed E-state index contributed by atoms with van der Waals surface area (Å²) < 4.78 is 46.1. The fraction of sp³-hybridized carbons (Fsp3) is 0.350. The van der Waals surface area contributed by atoms with Crippen molar-refractivity contribution in [3.63, 3.8) is 0 Å². The van der Waals surface area contributed by atoms with E-state index in [9.17, 15) is 17.6 Å². The van der Waals surface area contributed by atoms with Gasteiger partial charge in [-0.2, -0.15) is 4.31 Å². The third kappa shape index (κ3) is 4.71. The van der Waals surface area contributed by atoms with Crippen LogP contribution in [0.4, 0.5) is 10.1 Å². The highest BCUT2D eigenvalue weighted by Crippen LogP contribution is 2.31. The summed E-state index contributed by atoms with van der Waals surface area (Å²) in [5.41, 5.74) is 1.45. The number of amides is 1. The number of nitrogens with one attached hydrogen (secondary N) is 1. The average Bonchev–Trinajstić information content (AvgIpc) is 2.70. The Morgan fingerprint density at radius 1 is 1.28 bits per heavy atom. The summed E-state index contributed by atoms with van der Waals surface area (Å²) in [4.78, 5) is 12.4. The summed E-state index contributed by atoms with van der Waals surface area (Å²) in [7, 11) is -2.69. The van der Waals surface area contributed by atoms with Crippen LogP contribution >= 0.6 is 11.6 Å². The quantitative estimate of drug-likeness (QED) is 0.766. The zero-order chi connectivity index (χ0) is 21.2. The standard InChI is InChI=1S/C20H22ClFN2O4S/c1-13-5-7-16(11-17(13)21)23-20(25)14-4-3-9-24(12-14)29(26,27)19-10-15(22)6-8-18(19)28-2/h5-8,10-11,14H,3-4,9,12H2,1-2H3,(H,23,25). The number of anilines is 1. The molecule has 1 N–H and O–H groups in total. The topological polar surface area (TPSA) is 75.7 Å². The first-order valence-corrected chi connectivity index (χ1v) is 10.9. The predicted molar refractivity (Wildman–Crippen MR) is 109 cm³/mol. The first-order valence-electron chi connectivity index (χ1n) is 9.13. The highest BCUT2D eigenvalue weighted by molar-refractivity contribution is 7.89. The van der Waals surface area contributed by atoms with E-state index < -0.39 is 21.8 Å². The highest BCUT2D eigenvalue weighted by atomic mass is 35.5. The maximum absolute atomic E-state index is 13.7. The molecule has 0 saturated carbocycles. The highest BCUT2D eigenvalue weighted by Gasteiger charge is 2.35. The Morgan fingerprint density at radius 2 is 2.03 bits per heavy atom. The molecule has 1 fully saturated rings. The number of aryl methyl sites for hydroxylation is 1. The van der Waals surface area contributed by atoms with Crippen molar-refractivity contribution in [2.45, 2.75) is 24.7 Å². The van der Waals surface area contributed by atoms with Gasteiger partial charge in [0.2, 0.25) is 15.9 Å². The number of carbonyl (C=O) groups excluding carboxylic acids is 1. The molecule has 1 unspecified atom stereocenters. The van der Waals surface area contributed by atoms with Crippen LogP contribution in [-0.4, -0.2) is 38.8 Å². The lowest BCUT2D eigenvalue weighted by Crippen LogP contribution is -2.43. The van der Waals surface area contributed by atoms with Gasteiger partial charge < -0.3 is 10.1 Å². The zero-order valence-electron chi connectivity index (χ0n) is 16.1. The maximum Gasteiger partial charge on any atom is 0.246 e. The van der Waals surface area contributed by atoms with E-state index in [0.717, 1.165) is 17.7 Å². The Morgan fingerprint density at radius 3 is 2.72 bits per heavy atom. The Labute approximate surface area is 174 Å². The van der Waals surface area contributed by atoms with Crippen molar-refractivity contribution in [3.05, 3.63) is 52.8 Å². The van der Waals surface area contributed by atoms with Crippen molar-refractivity contribution in [3.8, 4) is 5.75 Å². The molecule has 1 amide bonds. The van der Waals surface area contributed by atoms with Gasteiger partial charge in [-0.15, -0.1) is 0 Å². The van der Waals surface area contributed by atoms with E-state index in [-0.39, 0.29) is 29.6 Å². The zero-order valence-corrected chi connectivity index (χ0v) is 17.7. The van der Waals surface area contributed by atoms with Gasteiger partial charge in [-0.1, -0.05) is 17.7 Å². The molecule has 1 saturated heterocycles. The van der Waals surface area contributed by atoms with Gasteiger partial charge in [0.25, 0.3) is 0 Å². The van der Waals surface area contributed by atoms with Crippen LogP contribution in [0.3, 0.4) is 0 Å². The van der Waals surface area contributed by atoms with Gasteiger partial charge in [-0.25, -0.2) is 12.8 Å². The van der Waals surface area contributed by atoms with Crippen molar-refractivity contribution in [2.75, 3.05) is 25.5 Å². The molecule has 0 aromatic heterocycles. The average molecular weight is 441 g/mol. The first-order chi connectivity index (χ1) is 13.7. The number of hydrogen-bond acceptors (Lipinski definition) is 4. The minimum absolute atomic E-state index is 0.00737. The number of hydrogen-bond donors (Lipinski definition) is 1. The lowest BCUT2D eigenvalue weighted by atomic mass is 9.98. The molecule has 9 heteroatoms.